The van der Waals surface area contributed by atoms with E-state index in [4.69, 9.17) is 0 Å². The number of amides is 2. The summed E-state index contributed by atoms with van der Waals surface area (Å²) in [7, 11) is 0. The molecule has 1 aromatic heterocycles. The summed E-state index contributed by atoms with van der Waals surface area (Å²) < 4.78 is 0. The third-order valence-electron chi connectivity index (χ3n) is 3.95. The fourth-order valence-electron chi connectivity index (χ4n) is 2.87. The number of carbonyl (C=O) groups is 2. The topological polar surface area (TPSA) is 82.5 Å². The van der Waals surface area contributed by atoms with Crippen LogP contribution in [0.5, 0.6) is 0 Å². The fourth-order valence-corrected chi connectivity index (χ4v) is 3.43. The summed E-state index contributed by atoms with van der Waals surface area (Å²) in [4.78, 5) is 29.6. The summed E-state index contributed by atoms with van der Waals surface area (Å²) in [5, 5.41) is 14.2. The number of rotatable bonds is 5. The number of hydrogen-bond donors (Lipinski definition) is 2. The van der Waals surface area contributed by atoms with Crippen LogP contribution in [0.1, 0.15) is 38.3 Å². The SMILES string of the molecule is CCCC1(C(=O)O)CCCN(C(=O)NCc2cscn2)C1. The van der Waals surface area contributed by atoms with Crippen LogP contribution in [0, 0.1) is 5.41 Å². The first-order valence-corrected chi connectivity index (χ1v) is 8.15. The van der Waals surface area contributed by atoms with E-state index in [9.17, 15) is 14.7 Å². The van der Waals surface area contributed by atoms with Crippen molar-refractivity contribution in [2.75, 3.05) is 13.1 Å². The molecule has 6 nitrogen and oxygen atoms in total. The molecule has 2 N–H and O–H groups in total. The van der Waals surface area contributed by atoms with E-state index in [0.717, 1.165) is 18.5 Å². The Kier molecular flexibility index (Phi) is 5.17. The Bertz CT molecular complexity index is 488. The number of likely N-dealkylation sites (tertiary alicyclic amines) is 1. The molecule has 1 aliphatic rings. The summed E-state index contributed by atoms with van der Waals surface area (Å²) in [6.45, 7) is 3.26. The second-order valence-electron chi connectivity index (χ2n) is 5.50. The van der Waals surface area contributed by atoms with Crippen molar-refractivity contribution in [3.8, 4) is 0 Å². The van der Waals surface area contributed by atoms with Crippen molar-refractivity contribution < 1.29 is 14.7 Å². The van der Waals surface area contributed by atoms with E-state index < -0.39 is 11.4 Å². The average Bonchev–Trinajstić information content (AvgIpc) is 2.98. The van der Waals surface area contributed by atoms with Gasteiger partial charge in [-0.15, -0.1) is 11.3 Å². The fraction of sp³-hybridized carbons (Fsp3) is 0.643. The predicted molar refractivity (Wildman–Crippen MR) is 80.1 cm³/mol. The van der Waals surface area contributed by atoms with Crippen LogP contribution in [0.3, 0.4) is 0 Å². The van der Waals surface area contributed by atoms with Gasteiger partial charge in [0.15, 0.2) is 0 Å². The number of nitrogens with zero attached hydrogens (tertiary/aromatic N) is 2. The molecule has 1 saturated heterocycles. The van der Waals surface area contributed by atoms with Gasteiger partial charge >= 0.3 is 12.0 Å². The molecule has 0 aromatic carbocycles. The Balaban J connectivity index is 1.96. The molecule has 0 bridgehead atoms. The van der Waals surface area contributed by atoms with Gasteiger partial charge in [0.1, 0.15) is 0 Å². The number of hydrogen-bond acceptors (Lipinski definition) is 4. The number of thiazole rings is 1. The molecule has 2 rings (SSSR count). The minimum atomic E-state index is -0.790. The number of carbonyl (C=O) groups excluding carboxylic acids is 1. The van der Waals surface area contributed by atoms with E-state index in [-0.39, 0.29) is 6.03 Å². The number of carboxylic acid groups (broad SMARTS) is 1. The molecule has 2 amide bonds. The lowest BCUT2D eigenvalue weighted by Gasteiger charge is -2.39. The molecule has 1 aliphatic heterocycles. The van der Waals surface area contributed by atoms with Gasteiger partial charge in [0.05, 0.1) is 23.2 Å². The lowest BCUT2D eigenvalue weighted by atomic mass is 9.76. The highest BCUT2D eigenvalue weighted by atomic mass is 32.1. The molecule has 0 spiro atoms. The molecule has 7 heteroatoms. The first-order chi connectivity index (χ1) is 10.1. The third-order valence-corrected chi connectivity index (χ3v) is 4.59. The monoisotopic (exact) mass is 311 g/mol. The summed E-state index contributed by atoms with van der Waals surface area (Å²) in [6.07, 6.45) is 2.79. The molecular weight excluding hydrogens is 290 g/mol. The van der Waals surface area contributed by atoms with Gasteiger partial charge in [-0.25, -0.2) is 9.78 Å². The van der Waals surface area contributed by atoms with Gasteiger partial charge in [-0.1, -0.05) is 13.3 Å². The van der Waals surface area contributed by atoms with Crippen molar-refractivity contribution in [1.82, 2.24) is 15.2 Å². The average molecular weight is 311 g/mol. The molecule has 116 valence electrons. The van der Waals surface area contributed by atoms with Crippen LogP contribution in [0.15, 0.2) is 10.9 Å². The molecular formula is C14H21N3O3S. The number of piperidine rings is 1. The van der Waals surface area contributed by atoms with Gasteiger partial charge in [0.25, 0.3) is 0 Å². The van der Waals surface area contributed by atoms with Gasteiger partial charge in [0, 0.05) is 18.5 Å². The van der Waals surface area contributed by atoms with E-state index in [1.807, 2.05) is 12.3 Å². The molecule has 0 radical (unpaired) electrons. The normalized spacial score (nSPS) is 22.0. The van der Waals surface area contributed by atoms with Crippen molar-refractivity contribution in [3.63, 3.8) is 0 Å². The van der Waals surface area contributed by atoms with Crippen LogP contribution in [0.25, 0.3) is 0 Å². The molecule has 0 aliphatic carbocycles. The van der Waals surface area contributed by atoms with Gasteiger partial charge in [0.2, 0.25) is 0 Å². The Morgan fingerprint density at radius 3 is 3.00 bits per heavy atom. The first-order valence-electron chi connectivity index (χ1n) is 7.20. The van der Waals surface area contributed by atoms with Gasteiger partial charge in [-0.3, -0.25) is 4.79 Å². The highest BCUT2D eigenvalue weighted by Crippen LogP contribution is 2.35. The summed E-state index contributed by atoms with van der Waals surface area (Å²) in [5.41, 5.74) is 1.76. The second-order valence-corrected chi connectivity index (χ2v) is 6.22. The highest BCUT2D eigenvalue weighted by Gasteiger charge is 2.42. The van der Waals surface area contributed by atoms with Gasteiger partial charge < -0.3 is 15.3 Å². The Morgan fingerprint density at radius 2 is 2.38 bits per heavy atom. The Hall–Kier alpha value is -1.63. The third kappa shape index (κ3) is 3.72. The highest BCUT2D eigenvalue weighted by molar-refractivity contribution is 7.07. The molecule has 0 saturated carbocycles. The Labute approximate surface area is 128 Å². The number of nitrogens with one attached hydrogen (secondary N) is 1. The van der Waals surface area contributed by atoms with Crippen molar-refractivity contribution in [2.24, 2.45) is 5.41 Å². The van der Waals surface area contributed by atoms with Crippen molar-refractivity contribution in [1.29, 1.82) is 0 Å². The van der Waals surface area contributed by atoms with Crippen LogP contribution >= 0.6 is 11.3 Å². The van der Waals surface area contributed by atoms with Crippen molar-refractivity contribution in [2.45, 2.75) is 39.2 Å². The summed E-state index contributed by atoms with van der Waals surface area (Å²) in [6, 6.07) is -0.204. The van der Waals surface area contributed by atoms with Crippen LogP contribution in [0.2, 0.25) is 0 Å². The lowest BCUT2D eigenvalue weighted by Crippen LogP contribution is -2.52. The molecule has 21 heavy (non-hydrogen) atoms. The molecule has 1 atom stereocenters. The van der Waals surface area contributed by atoms with Gasteiger partial charge in [-0.2, -0.15) is 0 Å². The van der Waals surface area contributed by atoms with Crippen LogP contribution < -0.4 is 5.32 Å². The number of urea groups is 1. The zero-order chi connectivity index (χ0) is 15.3. The number of aromatic nitrogens is 1. The largest absolute Gasteiger partial charge is 0.481 e. The maximum atomic E-state index is 12.2. The molecule has 1 unspecified atom stereocenters. The minimum Gasteiger partial charge on any atom is -0.481 e. The zero-order valence-electron chi connectivity index (χ0n) is 12.2. The standard InChI is InChI=1S/C14H21N3O3S/c1-2-4-14(12(18)19)5-3-6-17(9-14)13(20)15-7-11-8-21-10-16-11/h8,10H,2-7,9H2,1H3,(H,15,20)(H,18,19). The summed E-state index contributed by atoms with van der Waals surface area (Å²) >= 11 is 1.48. The lowest BCUT2D eigenvalue weighted by molar-refractivity contribution is -0.152. The van der Waals surface area contributed by atoms with Crippen molar-refractivity contribution >= 4 is 23.3 Å². The van der Waals surface area contributed by atoms with E-state index in [0.29, 0.717) is 32.5 Å². The predicted octanol–water partition coefficient (Wildman–Crippen LogP) is 2.32. The molecule has 1 fully saturated rings. The quantitative estimate of drug-likeness (QED) is 0.874. The van der Waals surface area contributed by atoms with E-state index >= 15 is 0 Å². The first kappa shape index (κ1) is 15.8. The van der Waals surface area contributed by atoms with Crippen molar-refractivity contribution in [3.05, 3.63) is 16.6 Å². The summed E-state index contributed by atoms with van der Waals surface area (Å²) in [5.74, 6) is -0.790. The van der Waals surface area contributed by atoms with Gasteiger partial charge in [-0.05, 0) is 19.3 Å². The van der Waals surface area contributed by atoms with Crippen LogP contribution in [-0.4, -0.2) is 40.1 Å². The smallest absolute Gasteiger partial charge is 0.317 e. The maximum absolute atomic E-state index is 12.2. The Morgan fingerprint density at radius 1 is 1.57 bits per heavy atom. The van der Waals surface area contributed by atoms with E-state index in [2.05, 4.69) is 10.3 Å². The molecule has 1 aromatic rings. The van der Waals surface area contributed by atoms with Crippen LogP contribution in [-0.2, 0) is 11.3 Å². The molecule has 2 heterocycles. The second kappa shape index (κ2) is 6.89. The minimum absolute atomic E-state index is 0.204. The maximum Gasteiger partial charge on any atom is 0.317 e. The zero-order valence-corrected chi connectivity index (χ0v) is 13.0. The van der Waals surface area contributed by atoms with E-state index in [1.54, 1.807) is 10.4 Å². The number of carboxylic acids is 1. The number of aliphatic carboxylic acids is 1. The van der Waals surface area contributed by atoms with Crippen LogP contribution in [0.4, 0.5) is 4.79 Å². The van der Waals surface area contributed by atoms with E-state index in [1.165, 1.54) is 11.3 Å².